The van der Waals surface area contributed by atoms with Crippen molar-refractivity contribution in [3.05, 3.63) is 81.9 Å². The molecule has 176 valence electrons. The first-order valence-electron chi connectivity index (χ1n) is 11.1. The molecule has 0 aromatic heterocycles. The number of anilines is 1. The molecular formula is C26H24ClF2N3O2. The Morgan fingerprint density at radius 3 is 2.59 bits per heavy atom. The number of hydrogen-bond acceptors (Lipinski definition) is 4. The predicted octanol–water partition coefficient (Wildman–Crippen LogP) is 5.01. The highest BCUT2D eigenvalue weighted by atomic mass is 35.5. The van der Waals surface area contributed by atoms with E-state index in [4.69, 9.17) is 22.1 Å². The van der Waals surface area contributed by atoms with Gasteiger partial charge >= 0.3 is 0 Å². The van der Waals surface area contributed by atoms with E-state index in [1.165, 1.54) is 25.3 Å². The molecule has 2 heterocycles. The first kappa shape index (κ1) is 22.6. The number of ether oxygens (including phenoxy) is 1. The Hall–Kier alpha value is -3.16. The second kappa shape index (κ2) is 8.56. The van der Waals surface area contributed by atoms with E-state index >= 15 is 8.78 Å². The zero-order valence-electron chi connectivity index (χ0n) is 18.6. The van der Waals surface area contributed by atoms with Crippen LogP contribution in [-0.4, -0.2) is 25.6 Å². The maximum absolute atomic E-state index is 15.6. The van der Waals surface area contributed by atoms with E-state index in [0.717, 1.165) is 24.9 Å². The van der Waals surface area contributed by atoms with Crippen LogP contribution in [-0.2, 0) is 12.0 Å². The number of benzene rings is 3. The molecule has 5 rings (SSSR count). The van der Waals surface area contributed by atoms with Gasteiger partial charge in [0.1, 0.15) is 5.82 Å². The van der Waals surface area contributed by atoms with Crippen LogP contribution in [0.5, 0.6) is 5.75 Å². The minimum atomic E-state index is -0.844. The maximum Gasteiger partial charge on any atom is 0.249 e. The second-order valence-corrected chi connectivity index (χ2v) is 9.11. The number of carbonyl (C=O) groups excluding carboxylic acids is 1. The molecule has 34 heavy (non-hydrogen) atoms. The zero-order valence-corrected chi connectivity index (χ0v) is 19.3. The number of amides is 1. The van der Waals surface area contributed by atoms with Gasteiger partial charge in [-0.3, -0.25) is 4.79 Å². The normalized spacial score (nSPS) is 21.2. The molecule has 0 spiro atoms. The van der Waals surface area contributed by atoms with Gasteiger partial charge in [-0.2, -0.15) is 0 Å². The molecule has 0 bridgehead atoms. The van der Waals surface area contributed by atoms with Gasteiger partial charge in [0.05, 0.1) is 23.2 Å². The van der Waals surface area contributed by atoms with E-state index < -0.39 is 23.1 Å². The van der Waals surface area contributed by atoms with Gasteiger partial charge < -0.3 is 21.1 Å². The Morgan fingerprint density at radius 2 is 1.94 bits per heavy atom. The summed E-state index contributed by atoms with van der Waals surface area (Å²) < 4.78 is 35.9. The van der Waals surface area contributed by atoms with Crippen molar-refractivity contribution in [3.8, 4) is 16.9 Å². The van der Waals surface area contributed by atoms with Crippen molar-refractivity contribution >= 4 is 23.2 Å². The van der Waals surface area contributed by atoms with Gasteiger partial charge in [0.15, 0.2) is 11.6 Å². The average molecular weight is 484 g/mol. The summed E-state index contributed by atoms with van der Waals surface area (Å²) in [4.78, 5) is 12.3. The zero-order chi connectivity index (χ0) is 24.0. The fraction of sp³-hybridized carbons (Fsp3) is 0.269. The van der Waals surface area contributed by atoms with Crippen LogP contribution < -0.4 is 21.1 Å². The summed E-state index contributed by atoms with van der Waals surface area (Å²) >= 11 is 6.48. The van der Waals surface area contributed by atoms with Crippen molar-refractivity contribution in [3.63, 3.8) is 0 Å². The minimum Gasteiger partial charge on any atom is -0.494 e. The predicted molar refractivity (Wildman–Crippen MR) is 128 cm³/mol. The standard InChI is InChI=1S/C26H24ClF2N3O2/c1-34-19-10-9-15(25(30)33)22(24(19)29)21-16-13-26(20-8-5-11-31-20,14-6-3-2-4-7-14)32-18(16)12-17(28)23(21)27/h2-4,6-7,9-10,12,20,31-32H,5,8,11,13H2,1H3,(H2,30,33)/t20-,26-/m0/s1. The molecule has 2 aliphatic heterocycles. The molecule has 2 aliphatic rings. The van der Waals surface area contributed by atoms with E-state index in [0.29, 0.717) is 17.7 Å². The molecular weight excluding hydrogens is 460 g/mol. The summed E-state index contributed by atoms with van der Waals surface area (Å²) in [7, 11) is 1.32. The number of nitrogens with one attached hydrogen (secondary N) is 2. The largest absolute Gasteiger partial charge is 0.494 e. The van der Waals surface area contributed by atoms with Crippen molar-refractivity contribution in [2.24, 2.45) is 5.73 Å². The Balaban J connectivity index is 1.77. The van der Waals surface area contributed by atoms with Gasteiger partial charge in [0.2, 0.25) is 5.91 Å². The van der Waals surface area contributed by atoms with E-state index in [9.17, 15) is 4.79 Å². The summed E-state index contributed by atoms with van der Waals surface area (Å²) in [6.07, 6.45) is 2.34. The first-order chi connectivity index (χ1) is 16.4. The molecule has 1 saturated heterocycles. The smallest absolute Gasteiger partial charge is 0.249 e. The molecule has 1 amide bonds. The molecule has 3 aromatic rings. The minimum absolute atomic E-state index is 0.0581. The van der Waals surface area contributed by atoms with Crippen molar-refractivity contribution in [1.82, 2.24) is 5.32 Å². The summed E-state index contributed by atoms with van der Waals surface area (Å²) in [6, 6.07) is 14.0. The lowest BCUT2D eigenvalue weighted by Crippen LogP contribution is -2.50. The third-order valence-electron chi connectivity index (χ3n) is 6.93. The number of methoxy groups -OCH3 is 1. The highest BCUT2D eigenvalue weighted by Crippen LogP contribution is 2.51. The lowest BCUT2D eigenvalue weighted by Gasteiger charge is -2.37. The third-order valence-corrected chi connectivity index (χ3v) is 7.30. The Kier molecular flexibility index (Phi) is 5.70. The maximum atomic E-state index is 15.6. The summed E-state index contributed by atoms with van der Waals surface area (Å²) in [5.74, 6) is -2.47. The molecule has 0 saturated carbocycles. The van der Waals surface area contributed by atoms with Crippen LogP contribution in [0, 0.1) is 11.6 Å². The molecule has 8 heteroatoms. The highest BCUT2D eigenvalue weighted by Gasteiger charge is 2.47. The quantitative estimate of drug-likeness (QED) is 0.477. The number of rotatable bonds is 5. The number of carbonyl (C=O) groups is 1. The Bertz CT molecular complexity index is 1280. The van der Waals surface area contributed by atoms with Crippen molar-refractivity contribution in [2.45, 2.75) is 30.8 Å². The second-order valence-electron chi connectivity index (χ2n) is 8.73. The first-order valence-corrected chi connectivity index (χ1v) is 11.5. The van der Waals surface area contributed by atoms with Crippen LogP contribution in [0.15, 0.2) is 48.5 Å². The molecule has 3 aromatic carbocycles. The van der Waals surface area contributed by atoms with E-state index in [1.54, 1.807) is 0 Å². The molecule has 0 radical (unpaired) electrons. The molecule has 0 unspecified atom stereocenters. The molecule has 5 nitrogen and oxygen atoms in total. The SMILES string of the molecule is COc1ccc(C(N)=O)c(-c2c(Cl)c(F)cc3c2C[C@](c2ccccc2)([C@@H]2CCCN2)N3)c1F. The van der Waals surface area contributed by atoms with Crippen molar-refractivity contribution in [2.75, 3.05) is 19.0 Å². The number of fused-ring (bicyclic) bond motifs is 1. The van der Waals surface area contributed by atoms with Crippen LogP contribution >= 0.6 is 11.6 Å². The van der Waals surface area contributed by atoms with Crippen LogP contribution in [0.1, 0.15) is 34.3 Å². The van der Waals surface area contributed by atoms with Crippen molar-refractivity contribution < 1.29 is 18.3 Å². The number of primary amides is 1. The van der Waals surface area contributed by atoms with Gasteiger partial charge in [-0.05, 0) is 48.7 Å². The van der Waals surface area contributed by atoms with Gasteiger partial charge in [-0.1, -0.05) is 41.9 Å². The Labute approximate surface area is 201 Å². The monoisotopic (exact) mass is 483 g/mol. The molecule has 2 atom stereocenters. The summed E-state index contributed by atoms with van der Waals surface area (Å²) in [6.45, 7) is 0.871. The molecule has 0 aliphatic carbocycles. The van der Waals surface area contributed by atoms with Gasteiger partial charge in [-0.15, -0.1) is 0 Å². The number of hydrogen-bond donors (Lipinski definition) is 3. The average Bonchev–Trinajstić information content (AvgIpc) is 3.50. The molecule has 4 N–H and O–H groups in total. The topological polar surface area (TPSA) is 76.4 Å². The van der Waals surface area contributed by atoms with Crippen LogP contribution in [0.25, 0.3) is 11.1 Å². The third kappa shape index (κ3) is 3.42. The summed E-state index contributed by atoms with van der Waals surface area (Å²) in [5.41, 5.74) is 7.00. The summed E-state index contributed by atoms with van der Waals surface area (Å²) in [5, 5.41) is 6.85. The van der Waals surface area contributed by atoms with Gasteiger partial charge in [0.25, 0.3) is 0 Å². The van der Waals surface area contributed by atoms with Crippen molar-refractivity contribution in [1.29, 1.82) is 0 Å². The van der Waals surface area contributed by atoms with Crippen LogP contribution in [0.3, 0.4) is 0 Å². The fourth-order valence-corrected chi connectivity index (χ4v) is 5.64. The number of halogens is 3. The van der Waals surface area contributed by atoms with Crippen LogP contribution in [0.2, 0.25) is 5.02 Å². The van der Waals surface area contributed by atoms with E-state index in [2.05, 4.69) is 10.6 Å². The van der Waals surface area contributed by atoms with Crippen LogP contribution in [0.4, 0.5) is 14.5 Å². The van der Waals surface area contributed by atoms with E-state index in [1.807, 2.05) is 30.3 Å². The fourth-order valence-electron chi connectivity index (χ4n) is 5.37. The lowest BCUT2D eigenvalue weighted by molar-refractivity contribution is 0.100. The van der Waals surface area contributed by atoms with Gasteiger partial charge in [-0.25, -0.2) is 8.78 Å². The lowest BCUT2D eigenvalue weighted by atomic mass is 9.78. The van der Waals surface area contributed by atoms with Gasteiger partial charge in [0, 0.05) is 29.3 Å². The number of nitrogens with two attached hydrogens (primary N) is 1. The highest BCUT2D eigenvalue weighted by molar-refractivity contribution is 6.34. The van der Waals surface area contributed by atoms with E-state index in [-0.39, 0.29) is 33.5 Å². The molecule has 1 fully saturated rings. The Morgan fingerprint density at radius 1 is 1.18 bits per heavy atom.